The van der Waals surface area contributed by atoms with Crippen LogP contribution in [0.15, 0.2) is 35.5 Å². The predicted octanol–water partition coefficient (Wildman–Crippen LogP) is 3.71. The van der Waals surface area contributed by atoms with Gasteiger partial charge in [-0.25, -0.2) is 4.98 Å². The molecule has 1 saturated heterocycles. The zero-order valence-corrected chi connectivity index (χ0v) is 21.1. The van der Waals surface area contributed by atoms with Gasteiger partial charge in [-0.05, 0) is 50.9 Å². The van der Waals surface area contributed by atoms with Crippen molar-refractivity contribution in [2.45, 2.75) is 53.5 Å². The molecule has 0 spiro atoms. The van der Waals surface area contributed by atoms with Crippen LogP contribution in [0, 0.1) is 5.92 Å². The highest BCUT2D eigenvalue weighted by atomic mass is 16.2. The van der Waals surface area contributed by atoms with Crippen molar-refractivity contribution in [1.29, 1.82) is 0 Å². The van der Waals surface area contributed by atoms with Gasteiger partial charge in [0.25, 0.3) is 5.91 Å². The van der Waals surface area contributed by atoms with Crippen molar-refractivity contribution in [3.8, 4) is 11.3 Å². The number of hydrogen-bond acceptors (Lipinski definition) is 5. The van der Waals surface area contributed by atoms with Crippen molar-refractivity contribution in [3.05, 3.63) is 41.5 Å². The van der Waals surface area contributed by atoms with E-state index < -0.39 is 0 Å². The third-order valence-electron chi connectivity index (χ3n) is 5.39. The smallest absolute Gasteiger partial charge is 0.253 e. The molecule has 1 aliphatic heterocycles. The minimum absolute atomic E-state index is 0.0313. The minimum Gasteiger partial charge on any atom is -0.381 e. The van der Waals surface area contributed by atoms with Crippen LogP contribution >= 0.6 is 0 Å². The van der Waals surface area contributed by atoms with Gasteiger partial charge in [-0.15, -0.1) is 0 Å². The molecule has 3 rings (SSSR count). The summed E-state index contributed by atoms with van der Waals surface area (Å²) in [6.45, 7) is 12.2. The number of nitrogens with two attached hydrogens (primary N) is 1. The standard InChI is InChI=1S/C21H30N6O.2C2H6/c1-14(17-9-6-10-23-12-17)25-20-19(22)24-13-18(27(20)4)15-7-5-8-16(11-15)21(28)26(2)3;2*1-2/h5,7-8,11,13-14,17,23H,6,9-10,12H2,1-4H3,(H2,22,24);2*1-2H3. The zero-order chi connectivity index (χ0) is 24.3. The molecule has 2 unspecified atom stereocenters. The summed E-state index contributed by atoms with van der Waals surface area (Å²) < 4.78 is 1.97. The molecule has 7 heteroatoms. The molecule has 2 aromatic rings. The molecule has 0 saturated carbocycles. The maximum Gasteiger partial charge on any atom is 0.253 e. The first kappa shape index (κ1) is 27.4. The number of piperidine rings is 1. The topological polar surface area (TPSA) is 88.5 Å². The number of benzene rings is 1. The van der Waals surface area contributed by atoms with E-state index >= 15 is 0 Å². The second-order valence-corrected chi connectivity index (χ2v) is 7.67. The molecular weight excluding hydrogens is 400 g/mol. The molecule has 1 amide bonds. The molecule has 1 aromatic carbocycles. The second kappa shape index (κ2) is 13.7. The van der Waals surface area contributed by atoms with Gasteiger partial charge in [-0.1, -0.05) is 39.8 Å². The monoisotopic (exact) mass is 442 g/mol. The van der Waals surface area contributed by atoms with Crippen molar-refractivity contribution in [2.24, 2.45) is 18.0 Å². The molecule has 3 N–H and O–H groups in total. The molecule has 0 radical (unpaired) electrons. The summed E-state index contributed by atoms with van der Waals surface area (Å²) in [5, 5.41) is 3.44. The average molecular weight is 443 g/mol. The van der Waals surface area contributed by atoms with Crippen LogP contribution in [0.25, 0.3) is 11.3 Å². The number of rotatable bonds is 4. The van der Waals surface area contributed by atoms with Gasteiger partial charge in [0.2, 0.25) is 0 Å². The Balaban J connectivity index is 0.00000121. The van der Waals surface area contributed by atoms with E-state index in [9.17, 15) is 4.79 Å². The predicted molar refractivity (Wildman–Crippen MR) is 134 cm³/mol. The van der Waals surface area contributed by atoms with E-state index in [4.69, 9.17) is 10.7 Å². The molecule has 2 heterocycles. The van der Waals surface area contributed by atoms with Gasteiger partial charge in [-0.3, -0.25) is 9.79 Å². The number of carbonyl (C=O) groups excluding carboxylic acids is 1. The number of nitrogens with one attached hydrogen (secondary N) is 1. The lowest BCUT2D eigenvalue weighted by molar-refractivity contribution is 0.0827. The van der Waals surface area contributed by atoms with E-state index in [1.807, 2.05) is 63.6 Å². The summed E-state index contributed by atoms with van der Waals surface area (Å²) in [4.78, 5) is 23.2. The van der Waals surface area contributed by atoms with Crippen LogP contribution in [-0.2, 0) is 7.05 Å². The summed E-state index contributed by atoms with van der Waals surface area (Å²) in [6, 6.07) is 7.71. The maximum atomic E-state index is 12.3. The van der Waals surface area contributed by atoms with Gasteiger partial charge in [-0.2, -0.15) is 0 Å². The van der Waals surface area contributed by atoms with Gasteiger partial charge >= 0.3 is 0 Å². The lowest BCUT2D eigenvalue weighted by Crippen LogP contribution is -2.36. The number of hydrogen-bond donors (Lipinski definition) is 2. The average Bonchev–Trinajstić information content (AvgIpc) is 2.84. The summed E-state index contributed by atoms with van der Waals surface area (Å²) in [5.41, 5.74) is 9.26. The Labute approximate surface area is 193 Å². The molecule has 2 atom stereocenters. The Morgan fingerprint density at radius 1 is 1.28 bits per heavy atom. The first-order valence-electron chi connectivity index (χ1n) is 11.8. The lowest BCUT2D eigenvalue weighted by Gasteiger charge is -2.26. The Bertz CT molecular complexity index is 913. The van der Waals surface area contributed by atoms with Crippen LogP contribution in [0.5, 0.6) is 0 Å². The van der Waals surface area contributed by atoms with Crippen LogP contribution in [-0.4, -0.2) is 53.6 Å². The van der Waals surface area contributed by atoms with Crippen LogP contribution in [0.1, 0.15) is 57.8 Å². The highest BCUT2D eigenvalue weighted by Crippen LogP contribution is 2.20. The molecule has 0 aliphatic carbocycles. The normalized spacial score (nSPS) is 16.8. The highest BCUT2D eigenvalue weighted by molar-refractivity contribution is 5.95. The van der Waals surface area contributed by atoms with Crippen molar-refractivity contribution in [2.75, 3.05) is 32.9 Å². The maximum absolute atomic E-state index is 12.3. The third-order valence-corrected chi connectivity index (χ3v) is 5.39. The second-order valence-electron chi connectivity index (χ2n) is 7.67. The van der Waals surface area contributed by atoms with Crippen molar-refractivity contribution in [3.63, 3.8) is 0 Å². The van der Waals surface area contributed by atoms with Crippen LogP contribution < -0.4 is 16.5 Å². The fraction of sp³-hybridized carbons (Fsp3) is 0.560. The van der Waals surface area contributed by atoms with Gasteiger partial charge in [0.05, 0.1) is 17.9 Å². The molecule has 0 bridgehead atoms. The highest BCUT2D eigenvalue weighted by Gasteiger charge is 2.20. The first-order chi connectivity index (χ1) is 15.4. The third kappa shape index (κ3) is 6.92. The molecule has 7 nitrogen and oxygen atoms in total. The van der Waals surface area contributed by atoms with Gasteiger partial charge in [0.1, 0.15) is 0 Å². The summed E-state index contributed by atoms with van der Waals surface area (Å²) in [6.07, 6.45) is 4.08. The van der Waals surface area contributed by atoms with Crippen molar-refractivity contribution < 1.29 is 4.79 Å². The van der Waals surface area contributed by atoms with E-state index in [2.05, 4.69) is 17.2 Å². The van der Waals surface area contributed by atoms with E-state index in [0.717, 1.165) is 24.3 Å². The Hall–Kier alpha value is -2.67. The SMILES string of the molecule is CC.CC.CC(N=c1c(N)ncc(-c2cccc(C(=O)N(C)C)c2)n1C)C1CCCNC1. The number of nitrogens with zero attached hydrogens (tertiary/aromatic N) is 4. The Morgan fingerprint density at radius 2 is 1.97 bits per heavy atom. The van der Waals surface area contributed by atoms with Crippen molar-refractivity contribution in [1.82, 2.24) is 19.8 Å². The number of amides is 1. The summed E-state index contributed by atoms with van der Waals surface area (Å²) >= 11 is 0. The van der Waals surface area contributed by atoms with E-state index in [1.165, 1.54) is 12.8 Å². The minimum atomic E-state index is -0.0313. The Morgan fingerprint density at radius 3 is 2.56 bits per heavy atom. The number of carbonyl (C=O) groups is 1. The van der Waals surface area contributed by atoms with Crippen LogP contribution in [0.2, 0.25) is 0 Å². The molecular formula is C25H42N6O. The summed E-state index contributed by atoms with van der Waals surface area (Å²) in [5.74, 6) is 0.886. The van der Waals surface area contributed by atoms with E-state index in [-0.39, 0.29) is 11.9 Å². The molecule has 1 aromatic heterocycles. The first-order valence-corrected chi connectivity index (χ1v) is 11.8. The van der Waals surface area contributed by atoms with E-state index in [1.54, 1.807) is 25.2 Å². The molecule has 1 fully saturated rings. The van der Waals surface area contributed by atoms with Crippen LogP contribution in [0.3, 0.4) is 0 Å². The van der Waals surface area contributed by atoms with Crippen LogP contribution in [0.4, 0.5) is 5.82 Å². The molecule has 178 valence electrons. The number of anilines is 1. The van der Waals surface area contributed by atoms with E-state index in [0.29, 0.717) is 22.8 Å². The quantitative estimate of drug-likeness (QED) is 0.755. The fourth-order valence-electron chi connectivity index (χ4n) is 3.64. The Kier molecular flexibility index (Phi) is 11.7. The zero-order valence-electron chi connectivity index (χ0n) is 21.1. The molecule has 32 heavy (non-hydrogen) atoms. The van der Waals surface area contributed by atoms with Gasteiger partial charge < -0.3 is 20.5 Å². The van der Waals surface area contributed by atoms with Gasteiger partial charge in [0, 0.05) is 32.3 Å². The summed E-state index contributed by atoms with van der Waals surface area (Å²) in [7, 11) is 5.44. The molecule has 1 aliphatic rings. The fourth-order valence-corrected chi connectivity index (χ4v) is 3.64. The number of aromatic nitrogens is 2. The largest absolute Gasteiger partial charge is 0.381 e. The van der Waals surface area contributed by atoms with Gasteiger partial charge in [0.15, 0.2) is 11.3 Å². The number of nitrogen functional groups attached to an aromatic ring is 1. The lowest BCUT2D eigenvalue weighted by atomic mass is 9.93. The van der Waals surface area contributed by atoms with Crippen molar-refractivity contribution >= 4 is 11.7 Å².